The summed E-state index contributed by atoms with van der Waals surface area (Å²) in [6.07, 6.45) is 3.25. The normalized spacial score (nSPS) is 17.2. The number of thioether (sulfide) groups is 1. The van der Waals surface area contributed by atoms with Gasteiger partial charge >= 0.3 is 0 Å². The molecular weight excluding hydrogens is 410 g/mol. The zero-order chi connectivity index (χ0) is 19.8. The number of thiazole rings is 1. The molecule has 28 heavy (non-hydrogen) atoms. The molecule has 4 rings (SSSR count). The van der Waals surface area contributed by atoms with Crippen molar-refractivity contribution >= 4 is 56.3 Å². The number of hydrogen-bond acceptors (Lipinski definition) is 9. The van der Waals surface area contributed by atoms with Crippen LogP contribution >= 0.6 is 34.4 Å². The van der Waals surface area contributed by atoms with Gasteiger partial charge < -0.3 is 5.73 Å². The Labute approximate surface area is 175 Å². The molecule has 3 aromatic heterocycles. The van der Waals surface area contributed by atoms with Crippen LogP contribution < -0.4 is 5.73 Å². The van der Waals surface area contributed by atoms with Crippen molar-refractivity contribution < 1.29 is 4.79 Å². The van der Waals surface area contributed by atoms with Crippen LogP contribution in [0.1, 0.15) is 40.4 Å². The third-order valence-corrected chi connectivity index (χ3v) is 7.89. The predicted octanol–water partition coefficient (Wildman–Crippen LogP) is 4.13. The van der Waals surface area contributed by atoms with Crippen LogP contribution in [0.15, 0.2) is 10.5 Å². The lowest BCUT2D eigenvalue weighted by Crippen LogP contribution is -2.13. The van der Waals surface area contributed by atoms with E-state index in [1.54, 1.807) is 11.3 Å². The zero-order valence-electron chi connectivity index (χ0n) is 15.6. The van der Waals surface area contributed by atoms with Crippen LogP contribution in [0.4, 0.5) is 5.82 Å². The summed E-state index contributed by atoms with van der Waals surface area (Å²) in [5.41, 5.74) is 8.36. The molecule has 0 fully saturated rings. The van der Waals surface area contributed by atoms with Gasteiger partial charge in [0.1, 0.15) is 15.7 Å². The third-order valence-electron chi connectivity index (χ3n) is 4.84. The fraction of sp³-hybridized carbons (Fsp3) is 0.421. The molecule has 1 aliphatic carbocycles. The summed E-state index contributed by atoms with van der Waals surface area (Å²) in [6, 6.07) is 2.07. The van der Waals surface area contributed by atoms with Crippen molar-refractivity contribution in [2.75, 3.05) is 11.5 Å². The summed E-state index contributed by atoms with van der Waals surface area (Å²) in [5, 5.41) is 13.2. The topological polar surface area (TPSA) is 106 Å². The van der Waals surface area contributed by atoms with Gasteiger partial charge in [0.25, 0.3) is 0 Å². The number of nitriles is 1. The minimum atomic E-state index is -0.845. The summed E-state index contributed by atoms with van der Waals surface area (Å²) >= 11 is 4.25. The van der Waals surface area contributed by atoms with Crippen LogP contribution in [0.2, 0.25) is 0 Å². The van der Waals surface area contributed by atoms with Gasteiger partial charge in [0.2, 0.25) is 0 Å². The Hall–Kier alpha value is -2.02. The molecule has 0 saturated heterocycles. The highest BCUT2D eigenvalue weighted by molar-refractivity contribution is 7.99. The maximum Gasteiger partial charge on any atom is 0.191 e. The van der Waals surface area contributed by atoms with Gasteiger partial charge in [-0.2, -0.15) is 5.26 Å². The quantitative estimate of drug-likeness (QED) is 0.480. The number of carbonyl (C=O) groups is 1. The van der Waals surface area contributed by atoms with Crippen LogP contribution in [0.25, 0.3) is 10.2 Å². The molecule has 2 atom stereocenters. The first kappa shape index (κ1) is 19.3. The molecule has 0 aromatic carbocycles. The van der Waals surface area contributed by atoms with Gasteiger partial charge in [0.05, 0.1) is 17.2 Å². The van der Waals surface area contributed by atoms with E-state index < -0.39 is 5.92 Å². The van der Waals surface area contributed by atoms with Crippen molar-refractivity contribution in [1.29, 1.82) is 5.26 Å². The molecule has 3 aromatic rings. The molecule has 0 unspecified atom stereocenters. The van der Waals surface area contributed by atoms with Gasteiger partial charge in [0.15, 0.2) is 16.9 Å². The van der Waals surface area contributed by atoms with Gasteiger partial charge in [0, 0.05) is 16.0 Å². The fourth-order valence-electron chi connectivity index (χ4n) is 3.40. The number of rotatable bonds is 5. The Kier molecular flexibility index (Phi) is 5.36. The molecule has 0 spiro atoms. The molecule has 3 heterocycles. The van der Waals surface area contributed by atoms with Crippen LogP contribution in [0, 0.1) is 24.2 Å². The molecule has 0 amide bonds. The number of aromatic nitrogens is 3. The molecule has 0 radical (unpaired) electrons. The Morgan fingerprint density at radius 1 is 1.46 bits per heavy atom. The number of nitrogens with zero attached hydrogens (tertiary/aromatic N) is 4. The smallest absolute Gasteiger partial charge is 0.191 e. The third kappa shape index (κ3) is 3.64. The first-order valence-electron chi connectivity index (χ1n) is 9.01. The number of nitrogens with two attached hydrogens (primary N) is 1. The van der Waals surface area contributed by atoms with E-state index in [-0.39, 0.29) is 11.5 Å². The Morgan fingerprint density at radius 3 is 3.00 bits per heavy atom. The Balaban J connectivity index is 1.54. The van der Waals surface area contributed by atoms with Crippen molar-refractivity contribution in [3.8, 4) is 6.07 Å². The number of Topliss-reactive ketones (excluding diaryl/α,β-unsaturated/α-hetero) is 1. The molecule has 0 saturated carbocycles. The molecule has 2 N–H and O–H groups in total. The van der Waals surface area contributed by atoms with Crippen molar-refractivity contribution in [3.63, 3.8) is 0 Å². The van der Waals surface area contributed by atoms with E-state index in [9.17, 15) is 10.1 Å². The minimum Gasteiger partial charge on any atom is -0.383 e. The van der Waals surface area contributed by atoms with E-state index in [2.05, 4.69) is 27.9 Å². The summed E-state index contributed by atoms with van der Waals surface area (Å²) in [7, 11) is 0. The average Bonchev–Trinajstić information content (AvgIpc) is 3.23. The number of nitrogen functional groups attached to an aromatic ring is 1. The number of ketones is 1. The molecule has 1 aliphatic rings. The second-order valence-corrected chi connectivity index (χ2v) is 9.98. The molecule has 144 valence electrons. The highest BCUT2D eigenvalue weighted by Crippen LogP contribution is 2.40. The van der Waals surface area contributed by atoms with Crippen molar-refractivity contribution in [3.05, 3.63) is 26.5 Å². The monoisotopic (exact) mass is 429 g/mol. The largest absolute Gasteiger partial charge is 0.383 e. The number of aryl methyl sites for hydroxylation is 2. The Morgan fingerprint density at radius 2 is 2.29 bits per heavy atom. The first-order chi connectivity index (χ1) is 13.5. The number of hydrogen-bond donors (Lipinski definition) is 1. The molecular formula is C19H19N5OS3. The second kappa shape index (κ2) is 7.78. The second-order valence-electron chi connectivity index (χ2n) is 7.07. The zero-order valence-corrected chi connectivity index (χ0v) is 18.0. The average molecular weight is 430 g/mol. The Bertz CT molecular complexity index is 1100. The van der Waals surface area contributed by atoms with Gasteiger partial charge in [-0.25, -0.2) is 15.0 Å². The predicted molar refractivity (Wildman–Crippen MR) is 114 cm³/mol. The molecule has 0 bridgehead atoms. The van der Waals surface area contributed by atoms with E-state index in [1.165, 1.54) is 33.5 Å². The first-order valence-corrected chi connectivity index (χ1v) is 11.7. The van der Waals surface area contributed by atoms with E-state index in [0.29, 0.717) is 21.9 Å². The van der Waals surface area contributed by atoms with E-state index in [4.69, 9.17) is 5.73 Å². The SMILES string of the molecule is Cc1csc([C@@H](C#N)C(=O)CSc2nc(N)c3c4c(sc3n2)C[C@@H](C)CC4)n1. The standard InChI is InChI=1S/C19H19N5OS3/c1-9-3-4-11-14(5-9)28-18-15(11)16(21)23-19(24-18)27-8-13(25)12(6-20)17-22-10(2)7-26-17/h7,9,12H,3-5,8H2,1-2H3,(H2,21,23,24)/t9-,12-/m0/s1. The molecule has 6 nitrogen and oxygen atoms in total. The summed E-state index contributed by atoms with van der Waals surface area (Å²) in [6.45, 7) is 4.12. The van der Waals surface area contributed by atoms with Gasteiger partial charge in [-0.1, -0.05) is 18.7 Å². The lowest BCUT2D eigenvalue weighted by Gasteiger charge is -2.17. The van der Waals surface area contributed by atoms with Gasteiger partial charge in [-0.3, -0.25) is 4.79 Å². The summed E-state index contributed by atoms with van der Waals surface area (Å²) in [4.78, 5) is 28.1. The van der Waals surface area contributed by atoms with Crippen LogP contribution in [-0.2, 0) is 17.6 Å². The van der Waals surface area contributed by atoms with E-state index >= 15 is 0 Å². The van der Waals surface area contributed by atoms with Crippen molar-refractivity contribution in [2.24, 2.45) is 5.92 Å². The highest BCUT2D eigenvalue weighted by Gasteiger charge is 2.25. The van der Waals surface area contributed by atoms with Gasteiger partial charge in [-0.05, 0) is 37.7 Å². The lowest BCUT2D eigenvalue weighted by atomic mass is 9.89. The van der Waals surface area contributed by atoms with Crippen LogP contribution in [0.5, 0.6) is 0 Å². The van der Waals surface area contributed by atoms with Crippen LogP contribution in [-0.4, -0.2) is 26.5 Å². The lowest BCUT2D eigenvalue weighted by molar-refractivity contribution is -0.116. The minimum absolute atomic E-state index is 0.115. The number of anilines is 1. The number of fused-ring (bicyclic) bond motifs is 3. The number of thiophene rings is 1. The van der Waals surface area contributed by atoms with Crippen molar-refractivity contribution in [1.82, 2.24) is 15.0 Å². The fourth-order valence-corrected chi connectivity index (χ4v) is 6.47. The van der Waals surface area contributed by atoms with E-state index in [1.807, 2.05) is 12.3 Å². The highest BCUT2D eigenvalue weighted by atomic mass is 32.2. The maximum atomic E-state index is 12.5. The number of carbonyl (C=O) groups excluding carboxylic acids is 1. The van der Waals surface area contributed by atoms with E-state index in [0.717, 1.165) is 35.2 Å². The summed E-state index contributed by atoms with van der Waals surface area (Å²) in [5.74, 6) is 0.244. The summed E-state index contributed by atoms with van der Waals surface area (Å²) < 4.78 is 0. The van der Waals surface area contributed by atoms with Crippen molar-refractivity contribution in [2.45, 2.75) is 44.2 Å². The van der Waals surface area contributed by atoms with Crippen LogP contribution in [0.3, 0.4) is 0 Å². The molecule has 9 heteroatoms. The van der Waals surface area contributed by atoms with Gasteiger partial charge in [-0.15, -0.1) is 22.7 Å². The molecule has 0 aliphatic heterocycles. The maximum absolute atomic E-state index is 12.5.